The van der Waals surface area contributed by atoms with E-state index in [1.54, 1.807) is 0 Å². The maximum atomic E-state index is 2.50. The maximum absolute atomic E-state index is 2.50. The van der Waals surface area contributed by atoms with Gasteiger partial charge in [0.05, 0.1) is 0 Å². The van der Waals surface area contributed by atoms with Crippen LogP contribution in [0.25, 0.3) is 0 Å². The molecule has 0 radical (unpaired) electrons. The van der Waals surface area contributed by atoms with Crippen LogP contribution < -0.4 is 0 Å². The highest BCUT2D eigenvalue weighted by atomic mass is 14.3. The molecule has 0 saturated heterocycles. The van der Waals surface area contributed by atoms with Gasteiger partial charge in [0.1, 0.15) is 0 Å². The van der Waals surface area contributed by atoms with Crippen molar-refractivity contribution in [1.82, 2.24) is 0 Å². The van der Waals surface area contributed by atoms with E-state index in [1.165, 1.54) is 57.8 Å². The third kappa shape index (κ3) is 8.71. The van der Waals surface area contributed by atoms with Crippen molar-refractivity contribution < 1.29 is 0 Å². The van der Waals surface area contributed by atoms with Crippen molar-refractivity contribution in [3.05, 3.63) is 0 Å². The average molecular weight is 269 g/mol. The molecule has 0 fully saturated rings. The lowest BCUT2D eigenvalue weighted by Gasteiger charge is -2.29. The molecule has 116 valence electrons. The Morgan fingerprint density at radius 1 is 0.632 bits per heavy atom. The van der Waals surface area contributed by atoms with E-state index < -0.39 is 0 Å². The van der Waals surface area contributed by atoms with E-state index in [9.17, 15) is 0 Å². The van der Waals surface area contributed by atoms with Gasteiger partial charge in [-0.3, -0.25) is 0 Å². The SMILES string of the molecule is CCCCCC(C)C(CC)C(C)CCC(C)CCC. The topological polar surface area (TPSA) is 0 Å². The fourth-order valence-corrected chi connectivity index (χ4v) is 3.69. The molecule has 0 heterocycles. The van der Waals surface area contributed by atoms with Crippen LogP contribution in [0.3, 0.4) is 0 Å². The first kappa shape index (κ1) is 19.0. The molecule has 0 aliphatic heterocycles. The first-order valence-electron chi connectivity index (χ1n) is 9.06. The maximum Gasteiger partial charge on any atom is -0.0365 e. The normalized spacial score (nSPS) is 18.0. The lowest BCUT2D eigenvalue weighted by atomic mass is 9.76. The van der Waals surface area contributed by atoms with Gasteiger partial charge in [-0.1, -0.05) is 99.3 Å². The molecule has 4 unspecified atom stereocenters. The Kier molecular flexibility index (Phi) is 11.8. The van der Waals surface area contributed by atoms with Crippen LogP contribution in [0.4, 0.5) is 0 Å². The number of hydrogen-bond donors (Lipinski definition) is 0. The van der Waals surface area contributed by atoms with Crippen LogP contribution in [-0.2, 0) is 0 Å². The molecule has 0 aromatic rings. The van der Waals surface area contributed by atoms with E-state index in [0.717, 1.165) is 23.7 Å². The summed E-state index contributed by atoms with van der Waals surface area (Å²) in [5, 5.41) is 0. The zero-order valence-corrected chi connectivity index (χ0v) is 14.7. The summed E-state index contributed by atoms with van der Waals surface area (Å²) in [4.78, 5) is 0. The van der Waals surface area contributed by atoms with Crippen LogP contribution in [0.2, 0.25) is 0 Å². The molecule has 0 nitrogen and oxygen atoms in total. The molecule has 4 atom stereocenters. The van der Waals surface area contributed by atoms with Gasteiger partial charge in [-0.15, -0.1) is 0 Å². The summed E-state index contributed by atoms with van der Waals surface area (Å²) in [5.74, 6) is 3.72. The minimum atomic E-state index is 0.918. The third-order valence-electron chi connectivity index (χ3n) is 5.09. The Balaban J connectivity index is 4.04. The summed E-state index contributed by atoms with van der Waals surface area (Å²) in [6.45, 7) is 14.4. The molecule has 0 bridgehead atoms. The van der Waals surface area contributed by atoms with E-state index >= 15 is 0 Å². The fourth-order valence-electron chi connectivity index (χ4n) is 3.69. The molecule has 0 aliphatic rings. The largest absolute Gasteiger partial charge is 0.0654 e. The molecule has 0 aliphatic carbocycles. The van der Waals surface area contributed by atoms with Gasteiger partial charge < -0.3 is 0 Å². The highest BCUT2D eigenvalue weighted by Crippen LogP contribution is 2.32. The van der Waals surface area contributed by atoms with E-state index in [2.05, 4.69) is 41.5 Å². The smallest absolute Gasteiger partial charge is 0.0365 e. The second-order valence-electron chi connectivity index (χ2n) is 6.99. The van der Waals surface area contributed by atoms with Crippen LogP contribution >= 0.6 is 0 Å². The molecule has 0 aromatic carbocycles. The van der Waals surface area contributed by atoms with Gasteiger partial charge in [-0.05, 0) is 23.7 Å². The quantitative estimate of drug-likeness (QED) is 0.332. The van der Waals surface area contributed by atoms with Gasteiger partial charge in [0.25, 0.3) is 0 Å². The molecule has 19 heavy (non-hydrogen) atoms. The zero-order chi connectivity index (χ0) is 14.7. The lowest BCUT2D eigenvalue weighted by Crippen LogP contribution is -2.20. The Bertz CT molecular complexity index is 184. The zero-order valence-electron chi connectivity index (χ0n) is 14.7. The van der Waals surface area contributed by atoms with Crippen molar-refractivity contribution in [2.45, 2.75) is 99.3 Å². The molecule has 0 N–H and O–H groups in total. The van der Waals surface area contributed by atoms with Gasteiger partial charge in [0, 0.05) is 0 Å². The molecule has 0 rings (SSSR count). The van der Waals surface area contributed by atoms with Gasteiger partial charge in [-0.2, -0.15) is 0 Å². The van der Waals surface area contributed by atoms with Crippen molar-refractivity contribution in [2.24, 2.45) is 23.7 Å². The van der Waals surface area contributed by atoms with Crippen molar-refractivity contribution in [3.63, 3.8) is 0 Å². The van der Waals surface area contributed by atoms with E-state index in [0.29, 0.717) is 0 Å². The monoisotopic (exact) mass is 268 g/mol. The number of hydrogen-bond acceptors (Lipinski definition) is 0. The summed E-state index contributed by atoms with van der Waals surface area (Å²) < 4.78 is 0. The Morgan fingerprint density at radius 2 is 1.26 bits per heavy atom. The van der Waals surface area contributed by atoms with Crippen LogP contribution in [0.1, 0.15) is 99.3 Å². The fraction of sp³-hybridized carbons (Fsp3) is 1.00. The number of rotatable bonds is 12. The predicted octanol–water partition coefficient (Wildman–Crippen LogP) is 7.08. The molecule has 0 aromatic heterocycles. The van der Waals surface area contributed by atoms with Gasteiger partial charge in [0.15, 0.2) is 0 Å². The van der Waals surface area contributed by atoms with E-state index in [-0.39, 0.29) is 0 Å². The summed E-state index contributed by atoms with van der Waals surface area (Å²) in [5.41, 5.74) is 0. The Labute approximate surface area is 123 Å². The second-order valence-corrected chi connectivity index (χ2v) is 6.99. The highest BCUT2D eigenvalue weighted by molar-refractivity contribution is 4.72. The van der Waals surface area contributed by atoms with Crippen LogP contribution in [0.15, 0.2) is 0 Å². The standard InChI is InChI=1S/C19H40/c1-7-10-11-13-17(5)19(9-3)18(6)15-14-16(4)12-8-2/h16-19H,7-15H2,1-6H3. The summed E-state index contributed by atoms with van der Waals surface area (Å²) in [7, 11) is 0. The first-order chi connectivity index (χ1) is 9.06. The van der Waals surface area contributed by atoms with Crippen LogP contribution in [0, 0.1) is 23.7 Å². The van der Waals surface area contributed by atoms with Crippen LogP contribution in [-0.4, -0.2) is 0 Å². The van der Waals surface area contributed by atoms with Gasteiger partial charge in [-0.25, -0.2) is 0 Å². The molecule has 0 spiro atoms. The van der Waals surface area contributed by atoms with Crippen molar-refractivity contribution in [3.8, 4) is 0 Å². The first-order valence-corrected chi connectivity index (χ1v) is 9.06. The second kappa shape index (κ2) is 11.8. The highest BCUT2D eigenvalue weighted by Gasteiger charge is 2.21. The van der Waals surface area contributed by atoms with Gasteiger partial charge >= 0.3 is 0 Å². The van der Waals surface area contributed by atoms with Crippen molar-refractivity contribution in [2.75, 3.05) is 0 Å². The van der Waals surface area contributed by atoms with Gasteiger partial charge in [0.2, 0.25) is 0 Å². The molecular formula is C19H40. The summed E-state index contributed by atoms with van der Waals surface area (Å²) in [6, 6.07) is 0. The molecule has 0 amide bonds. The summed E-state index contributed by atoms with van der Waals surface area (Å²) >= 11 is 0. The van der Waals surface area contributed by atoms with E-state index in [1.807, 2.05) is 0 Å². The number of unbranched alkanes of at least 4 members (excludes halogenated alkanes) is 2. The Morgan fingerprint density at radius 3 is 1.79 bits per heavy atom. The Hall–Kier alpha value is 0. The molecule has 0 saturated carbocycles. The third-order valence-corrected chi connectivity index (χ3v) is 5.09. The minimum Gasteiger partial charge on any atom is -0.0654 e. The van der Waals surface area contributed by atoms with Crippen LogP contribution in [0.5, 0.6) is 0 Å². The molecular weight excluding hydrogens is 228 g/mol. The minimum absolute atomic E-state index is 0.918. The van der Waals surface area contributed by atoms with Crippen molar-refractivity contribution >= 4 is 0 Å². The van der Waals surface area contributed by atoms with Crippen molar-refractivity contribution in [1.29, 1.82) is 0 Å². The molecule has 0 heteroatoms. The predicted molar refractivity (Wildman–Crippen MR) is 89.6 cm³/mol. The van der Waals surface area contributed by atoms with E-state index in [4.69, 9.17) is 0 Å². The lowest BCUT2D eigenvalue weighted by molar-refractivity contribution is 0.210. The summed E-state index contributed by atoms with van der Waals surface area (Å²) in [6.07, 6.45) is 12.7. The average Bonchev–Trinajstić information content (AvgIpc) is 2.38.